The third-order valence-corrected chi connectivity index (χ3v) is 5.20. The molecule has 1 saturated heterocycles. The average Bonchev–Trinajstić information content (AvgIpc) is 2.46. The van der Waals surface area contributed by atoms with Crippen LogP contribution in [0.2, 0.25) is 0 Å². The van der Waals surface area contributed by atoms with Crippen LogP contribution in [0.1, 0.15) is 13.3 Å². The Morgan fingerprint density at radius 3 is 2.86 bits per heavy atom. The number of nitro groups is 1. The third kappa shape index (κ3) is 3.04. The first-order valence-electron chi connectivity index (χ1n) is 6.42. The van der Waals surface area contributed by atoms with Crippen LogP contribution in [0.4, 0.5) is 10.1 Å². The third-order valence-electron chi connectivity index (χ3n) is 3.31. The Labute approximate surface area is 121 Å². The van der Waals surface area contributed by atoms with Gasteiger partial charge in [0.25, 0.3) is 0 Å². The van der Waals surface area contributed by atoms with Crippen molar-refractivity contribution in [3.63, 3.8) is 0 Å². The van der Waals surface area contributed by atoms with E-state index in [4.69, 9.17) is 4.74 Å². The number of nitrogens with zero attached hydrogens (tertiary/aromatic N) is 2. The summed E-state index contributed by atoms with van der Waals surface area (Å²) in [5.74, 6) is -1.17. The zero-order valence-corrected chi connectivity index (χ0v) is 12.2. The van der Waals surface area contributed by atoms with Crippen LogP contribution in [-0.4, -0.2) is 43.4 Å². The van der Waals surface area contributed by atoms with Crippen LogP contribution in [0.3, 0.4) is 0 Å². The molecule has 9 heteroatoms. The normalized spacial score (nSPS) is 20.4. The van der Waals surface area contributed by atoms with E-state index in [0.717, 1.165) is 22.5 Å². The van der Waals surface area contributed by atoms with Gasteiger partial charge in [-0.05, 0) is 18.6 Å². The molecule has 1 fully saturated rings. The predicted octanol–water partition coefficient (Wildman–Crippen LogP) is 1.53. The molecule has 1 aromatic rings. The summed E-state index contributed by atoms with van der Waals surface area (Å²) >= 11 is 0. The van der Waals surface area contributed by atoms with Gasteiger partial charge in [-0.1, -0.05) is 13.0 Å². The van der Waals surface area contributed by atoms with E-state index < -0.39 is 31.3 Å². The number of nitro benzene ring substituents is 1. The van der Waals surface area contributed by atoms with E-state index in [0.29, 0.717) is 6.42 Å². The highest BCUT2D eigenvalue weighted by Gasteiger charge is 2.36. The molecule has 1 aliphatic rings. The molecule has 0 saturated carbocycles. The fourth-order valence-electron chi connectivity index (χ4n) is 2.18. The lowest BCUT2D eigenvalue weighted by molar-refractivity contribution is -0.390. The second kappa shape index (κ2) is 6.04. The van der Waals surface area contributed by atoms with Crippen molar-refractivity contribution < 1.29 is 22.5 Å². The van der Waals surface area contributed by atoms with Crippen LogP contribution in [0.15, 0.2) is 23.1 Å². The standard InChI is InChI=1S/C12H15FN2O5S/c1-2-9-8-14(6-7-20-9)21(18,19)11-5-3-4-10(13)12(11)15(16)17/h3-5,9H,2,6-8H2,1H3. The first-order valence-corrected chi connectivity index (χ1v) is 7.86. The number of halogens is 1. The van der Waals surface area contributed by atoms with E-state index in [1.807, 2.05) is 6.92 Å². The molecule has 0 amide bonds. The molecule has 0 spiro atoms. The average molecular weight is 318 g/mol. The highest BCUT2D eigenvalue weighted by Crippen LogP contribution is 2.30. The van der Waals surface area contributed by atoms with Crippen molar-refractivity contribution in [1.29, 1.82) is 0 Å². The molecule has 1 aromatic carbocycles. The van der Waals surface area contributed by atoms with Crippen LogP contribution in [0.5, 0.6) is 0 Å². The number of hydrogen-bond donors (Lipinski definition) is 0. The van der Waals surface area contributed by atoms with Gasteiger partial charge in [-0.2, -0.15) is 8.70 Å². The molecule has 21 heavy (non-hydrogen) atoms. The van der Waals surface area contributed by atoms with Crippen molar-refractivity contribution in [2.75, 3.05) is 19.7 Å². The molecule has 0 N–H and O–H groups in total. The molecule has 1 aliphatic heterocycles. The van der Waals surface area contributed by atoms with Gasteiger partial charge in [0.05, 0.1) is 17.6 Å². The number of rotatable bonds is 4. The Bertz CT molecular complexity index is 649. The summed E-state index contributed by atoms with van der Waals surface area (Å²) < 4.78 is 45.1. The summed E-state index contributed by atoms with van der Waals surface area (Å²) in [6.07, 6.45) is 0.359. The Balaban J connectivity index is 2.45. The molecule has 116 valence electrons. The topological polar surface area (TPSA) is 89.8 Å². The number of hydrogen-bond acceptors (Lipinski definition) is 5. The summed E-state index contributed by atoms with van der Waals surface area (Å²) in [5.41, 5.74) is -1.02. The molecule has 1 heterocycles. The van der Waals surface area contributed by atoms with Crippen LogP contribution in [0, 0.1) is 15.9 Å². The highest BCUT2D eigenvalue weighted by molar-refractivity contribution is 7.89. The van der Waals surface area contributed by atoms with Crippen molar-refractivity contribution in [3.05, 3.63) is 34.1 Å². The maximum atomic E-state index is 13.6. The number of sulfonamides is 1. The van der Waals surface area contributed by atoms with E-state index in [-0.39, 0.29) is 25.8 Å². The van der Waals surface area contributed by atoms with Crippen LogP contribution in [0.25, 0.3) is 0 Å². The monoisotopic (exact) mass is 318 g/mol. The summed E-state index contributed by atoms with van der Waals surface area (Å²) in [6.45, 7) is 2.26. The molecule has 0 bridgehead atoms. The van der Waals surface area contributed by atoms with Crippen molar-refractivity contribution in [1.82, 2.24) is 4.31 Å². The first-order chi connectivity index (χ1) is 9.87. The van der Waals surface area contributed by atoms with Gasteiger partial charge in [0, 0.05) is 13.1 Å². The molecule has 0 aliphatic carbocycles. The van der Waals surface area contributed by atoms with E-state index in [9.17, 15) is 22.9 Å². The van der Waals surface area contributed by atoms with Gasteiger partial charge in [-0.3, -0.25) is 10.1 Å². The van der Waals surface area contributed by atoms with E-state index in [1.54, 1.807) is 0 Å². The van der Waals surface area contributed by atoms with Gasteiger partial charge in [-0.15, -0.1) is 0 Å². The molecule has 1 atom stereocenters. The minimum atomic E-state index is -4.13. The molecular weight excluding hydrogens is 303 g/mol. The van der Waals surface area contributed by atoms with Gasteiger partial charge < -0.3 is 4.74 Å². The fourth-order valence-corrected chi connectivity index (χ4v) is 3.80. The Kier molecular flexibility index (Phi) is 4.55. The quantitative estimate of drug-likeness (QED) is 0.620. The maximum absolute atomic E-state index is 13.6. The lowest BCUT2D eigenvalue weighted by Gasteiger charge is -2.31. The number of morpholine rings is 1. The second-order valence-electron chi connectivity index (χ2n) is 4.61. The fraction of sp³-hybridized carbons (Fsp3) is 0.500. The maximum Gasteiger partial charge on any atom is 0.324 e. The lowest BCUT2D eigenvalue weighted by atomic mass is 10.2. The summed E-state index contributed by atoms with van der Waals surface area (Å²) in [6, 6.07) is 3.06. The van der Waals surface area contributed by atoms with Crippen LogP contribution in [-0.2, 0) is 14.8 Å². The number of ether oxygens (including phenoxy) is 1. The minimum absolute atomic E-state index is 0.0898. The van der Waals surface area contributed by atoms with E-state index >= 15 is 0 Å². The van der Waals surface area contributed by atoms with Crippen molar-refractivity contribution in [2.24, 2.45) is 0 Å². The smallest absolute Gasteiger partial charge is 0.324 e. The van der Waals surface area contributed by atoms with Gasteiger partial charge >= 0.3 is 5.69 Å². The second-order valence-corrected chi connectivity index (χ2v) is 6.51. The molecule has 0 aromatic heterocycles. The van der Waals surface area contributed by atoms with E-state index in [1.165, 1.54) is 0 Å². The Morgan fingerprint density at radius 2 is 2.24 bits per heavy atom. The largest absolute Gasteiger partial charge is 0.375 e. The Hall–Kier alpha value is -1.58. The van der Waals surface area contributed by atoms with Crippen molar-refractivity contribution in [3.8, 4) is 0 Å². The summed E-state index contributed by atoms with van der Waals surface area (Å²) in [4.78, 5) is 9.32. The molecule has 0 radical (unpaired) electrons. The molecule has 1 unspecified atom stereocenters. The van der Waals surface area contributed by atoms with Gasteiger partial charge in [0.15, 0.2) is 4.90 Å². The van der Waals surface area contributed by atoms with Crippen LogP contribution < -0.4 is 0 Å². The molecule has 7 nitrogen and oxygen atoms in total. The SMILES string of the molecule is CCC1CN(S(=O)(=O)c2cccc(F)c2[N+](=O)[O-])CCO1. The van der Waals surface area contributed by atoms with Gasteiger partial charge in [-0.25, -0.2) is 8.42 Å². The lowest BCUT2D eigenvalue weighted by Crippen LogP contribution is -2.45. The first kappa shape index (κ1) is 15.8. The number of para-hydroxylation sites is 1. The zero-order chi connectivity index (χ0) is 15.6. The van der Waals surface area contributed by atoms with Crippen LogP contribution >= 0.6 is 0 Å². The highest BCUT2D eigenvalue weighted by atomic mass is 32.2. The van der Waals surface area contributed by atoms with Crippen molar-refractivity contribution >= 4 is 15.7 Å². The minimum Gasteiger partial charge on any atom is -0.375 e. The van der Waals surface area contributed by atoms with Gasteiger partial charge in [0.1, 0.15) is 0 Å². The zero-order valence-electron chi connectivity index (χ0n) is 11.4. The Morgan fingerprint density at radius 1 is 1.52 bits per heavy atom. The summed E-state index contributed by atoms with van der Waals surface area (Å²) in [7, 11) is -4.13. The predicted molar refractivity (Wildman–Crippen MR) is 71.8 cm³/mol. The number of benzene rings is 1. The van der Waals surface area contributed by atoms with E-state index in [2.05, 4.69) is 0 Å². The van der Waals surface area contributed by atoms with Gasteiger partial charge in [0.2, 0.25) is 15.8 Å². The van der Waals surface area contributed by atoms with Crippen molar-refractivity contribution in [2.45, 2.75) is 24.3 Å². The molecule has 2 rings (SSSR count). The molecular formula is C12H15FN2O5S. The summed E-state index contributed by atoms with van der Waals surface area (Å²) in [5, 5.41) is 11.0.